The predicted molar refractivity (Wildman–Crippen MR) is 121 cm³/mol. The summed E-state index contributed by atoms with van der Waals surface area (Å²) in [5.74, 6) is 0.565. The Labute approximate surface area is 190 Å². The summed E-state index contributed by atoms with van der Waals surface area (Å²) in [5.41, 5.74) is -0.0234. The van der Waals surface area contributed by atoms with E-state index < -0.39 is 36.9 Å². The molecular formula is C22H35BN4O5. The first kappa shape index (κ1) is 23.4. The molecule has 2 N–H and O–H groups in total. The van der Waals surface area contributed by atoms with Crippen LogP contribution < -0.4 is 10.4 Å². The van der Waals surface area contributed by atoms with Crippen molar-refractivity contribution in [3.8, 4) is 0 Å². The molecule has 2 saturated heterocycles. The van der Waals surface area contributed by atoms with Gasteiger partial charge in [-0.05, 0) is 59.3 Å². The highest BCUT2D eigenvalue weighted by molar-refractivity contribution is 6.61. The average Bonchev–Trinajstić information content (AvgIpc) is 3.58. The molecule has 3 aliphatic rings. The lowest BCUT2D eigenvalue weighted by Gasteiger charge is -2.36. The molecule has 2 aliphatic heterocycles. The van der Waals surface area contributed by atoms with Crippen LogP contribution in [-0.4, -0.2) is 87.7 Å². The van der Waals surface area contributed by atoms with Crippen molar-refractivity contribution < 1.29 is 24.3 Å². The lowest BCUT2D eigenvalue weighted by atomic mass is 9.81. The van der Waals surface area contributed by atoms with E-state index in [2.05, 4.69) is 14.9 Å². The predicted octanol–water partition coefficient (Wildman–Crippen LogP) is 0.336. The highest BCUT2D eigenvalue weighted by atomic mass is 16.7. The molecule has 32 heavy (non-hydrogen) atoms. The van der Waals surface area contributed by atoms with Crippen LogP contribution in [0, 0.1) is 5.92 Å². The van der Waals surface area contributed by atoms with Crippen molar-refractivity contribution in [2.45, 2.75) is 76.7 Å². The quantitative estimate of drug-likeness (QED) is 0.578. The standard InChI is InChI=1S/C22H35BN4O5/c1-21(2)22(3,4)32-23(31-21)16-10-24-20(25-11-16)27(17-7-8-17)13-15-6-5-9-26(12-15)19(30)18(29)14-28/h10-11,15,17-18,28-29H,5-9,12-14H2,1-4H3/t15-,18-/m0/s1. The largest absolute Gasteiger partial charge is 0.498 e. The molecule has 0 aromatic carbocycles. The van der Waals surface area contributed by atoms with Crippen LogP contribution in [0.5, 0.6) is 0 Å². The third-order valence-corrected chi connectivity index (χ3v) is 7.17. The number of nitrogens with zero attached hydrogens (tertiary/aromatic N) is 4. The number of likely N-dealkylation sites (tertiary alicyclic amines) is 1. The molecule has 1 saturated carbocycles. The molecule has 2 atom stereocenters. The molecule has 0 radical (unpaired) electrons. The topological polar surface area (TPSA) is 108 Å². The molecule has 176 valence electrons. The number of aromatic nitrogens is 2. The maximum absolute atomic E-state index is 12.3. The van der Waals surface area contributed by atoms with Gasteiger partial charge in [-0.1, -0.05) is 0 Å². The highest BCUT2D eigenvalue weighted by Gasteiger charge is 2.52. The van der Waals surface area contributed by atoms with Gasteiger partial charge in [0, 0.05) is 43.5 Å². The Bertz CT molecular complexity index is 801. The van der Waals surface area contributed by atoms with Crippen LogP contribution in [0.1, 0.15) is 53.4 Å². The molecular weight excluding hydrogens is 411 g/mol. The zero-order chi connectivity index (χ0) is 23.1. The Kier molecular flexibility index (Phi) is 6.51. The van der Waals surface area contributed by atoms with Crippen LogP contribution in [0.3, 0.4) is 0 Å². The van der Waals surface area contributed by atoms with Crippen molar-refractivity contribution in [2.75, 3.05) is 31.1 Å². The highest BCUT2D eigenvalue weighted by Crippen LogP contribution is 2.36. The van der Waals surface area contributed by atoms with E-state index in [9.17, 15) is 9.90 Å². The maximum Gasteiger partial charge on any atom is 0.498 e. The minimum atomic E-state index is -1.33. The fraction of sp³-hybridized carbons (Fsp3) is 0.773. The van der Waals surface area contributed by atoms with Crippen LogP contribution in [0.15, 0.2) is 12.4 Å². The van der Waals surface area contributed by atoms with Crippen molar-refractivity contribution in [2.24, 2.45) is 5.92 Å². The van der Waals surface area contributed by atoms with Gasteiger partial charge in [0.25, 0.3) is 5.91 Å². The van der Waals surface area contributed by atoms with Crippen molar-refractivity contribution in [3.05, 3.63) is 12.4 Å². The Morgan fingerprint density at radius 1 is 1.22 bits per heavy atom. The summed E-state index contributed by atoms with van der Waals surface area (Å²) in [6, 6.07) is 0.423. The molecule has 4 rings (SSSR count). The van der Waals surface area contributed by atoms with Gasteiger partial charge in [0.05, 0.1) is 17.8 Å². The Hall–Kier alpha value is -1.75. The maximum atomic E-state index is 12.3. The first-order valence-electron chi connectivity index (χ1n) is 11.6. The summed E-state index contributed by atoms with van der Waals surface area (Å²) in [6.45, 7) is 9.50. The number of hydrogen-bond acceptors (Lipinski definition) is 8. The average molecular weight is 446 g/mol. The molecule has 9 nitrogen and oxygen atoms in total. The lowest BCUT2D eigenvalue weighted by molar-refractivity contribution is -0.143. The van der Waals surface area contributed by atoms with Crippen molar-refractivity contribution >= 4 is 24.4 Å². The van der Waals surface area contributed by atoms with Crippen LogP contribution in [0.25, 0.3) is 0 Å². The summed E-state index contributed by atoms with van der Waals surface area (Å²) >= 11 is 0. The van der Waals surface area contributed by atoms with Gasteiger partial charge in [0.15, 0.2) is 6.10 Å². The molecule has 0 bridgehead atoms. The lowest BCUT2D eigenvalue weighted by Crippen LogP contribution is -2.48. The number of anilines is 1. The number of hydrogen-bond donors (Lipinski definition) is 2. The Morgan fingerprint density at radius 3 is 2.41 bits per heavy atom. The van der Waals surface area contributed by atoms with Gasteiger partial charge >= 0.3 is 7.12 Å². The second-order valence-corrected chi connectivity index (χ2v) is 10.3. The number of aliphatic hydroxyl groups is 2. The molecule has 1 aromatic heterocycles. The van der Waals surface area contributed by atoms with Gasteiger partial charge in [-0.15, -0.1) is 0 Å². The summed E-state index contributed by atoms with van der Waals surface area (Å²) in [7, 11) is -0.487. The number of piperidine rings is 1. The minimum absolute atomic E-state index is 0.269. The van der Waals surface area contributed by atoms with Crippen molar-refractivity contribution in [1.82, 2.24) is 14.9 Å². The first-order valence-corrected chi connectivity index (χ1v) is 11.6. The summed E-state index contributed by atoms with van der Waals surface area (Å²) in [5, 5.41) is 18.8. The SMILES string of the molecule is CC1(C)OB(c2cnc(N(C[C@H]3CCCN(C(=O)[C@@H](O)CO)C3)C3CC3)nc2)OC1(C)C. The molecule has 3 heterocycles. The summed E-state index contributed by atoms with van der Waals surface area (Å²) in [4.78, 5) is 25.5. The summed E-state index contributed by atoms with van der Waals surface area (Å²) in [6.07, 6.45) is 6.35. The molecule has 0 unspecified atom stereocenters. The number of rotatable bonds is 7. The van der Waals surface area contributed by atoms with Gasteiger partial charge < -0.3 is 29.3 Å². The third-order valence-electron chi connectivity index (χ3n) is 7.17. The van der Waals surface area contributed by atoms with Crippen molar-refractivity contribution in [1.29, 1.82) is 0 Å². The second-order valence-electron chi connectivity index (χ2n) is 10.3. The van der Waals surface area contributed by atoms with Crippen LogP contribution in [0.2, 0.25) is 0 Å². The Balaban J connectivity index is 1.42. The van der Waals surface area contributed by atoms with Gasteiger partial charge in [-0.3, -0.25) is 4.79 Å². The number of aliphatic hydroxyl groups excluding tert-OH is 2. The zero-order valence-corrected chi connectivity index (χ0v) is 19.5. The zero-order valence-electron chi connectivity index (χ0n) is 19.5. The molecule has 3 fully saturated rings. The minimum Gasteiger partial charge on any atom is -0.399 e. The van der Waals surface area contributed by atoms with E-state index in [-0.39, 0.29) is 5.92 Å². The van der Waals surface area contributed by atoms with E-state index in [4.69, 9.17) is 14.4 Å². The molecule has 10 heteroatoms. The van der Waals surface area contributed by atoms with Gasteiger partial charge in [0.1, 0.15) is 0 Å². The molecule has 0 spiro atoms. The van der Waals surface area contributed by atoms with Gasteiger partial charge in [-0.2, -0.15) is 0 Å². The second kappa shape index (κ2) is 8.89. The molecule has 1 aliphatic carbocycles. The fourth-order valence-corrected chi connectivity index (χ4v) is 4.34. The number of carbonyl (C=O) groups excluding carboxylic acids is 1. The summed E-state index contributed by atoms with van der Waals surface area (Å²) < 4.78 is 12.2. The monoisotopic (exact) mass is 446 g/mol. The smallest absolute Gasteiger partial charge is 0.399 e. The molecule has 1 amide bonds. The van der Waals surface area contributed by atoms with Crippen LogP contribution in [0.4, 0.5) is 5.95 Å². The first-order chi connectivity index (χ1) is 15.1. The molecule has 1 aromatic rings. The third kappa shape index (κ3) is 4.78. The van der Waals surface area contributed by atoms with Crippen LogP contribution in [-0.2, 0) is 14.1 Å². The van der Waals surface area contributed by atoms with E-state index in [1.165, 1.54) is 0 Å². The van der Waals surface area contributed by atoms with Crippen molar-refractivity contribution in [3.63, 3.8) is 0 Å². The number of amides is 1. The normalized spacial score (nSPS) is 25.6. The van der Waals surface area contributed by atoms with E-state index in [1.807, 2.05) is 27.7 Å². The van der Waals surface area contributed by atoms with E-state index in [0.29, 0.717) is 25.1 Å². The van der Waals surface area contributed by atoms with Crippen LogP contribution >= 0.6 is 0 Å². The fourth-order valence-electron chi connectivity index (χ4n) is 4.34. The van der Waals surface area contributed by atoms with Gasteiger partial charge in [-0.25, -0.2) is 9.97 Å². The van der Waals surface area contributed by atoms with E-state index >= 15 is 0 Å². The Morgan fingerprint density at radius 2 is 1.84 bits per heavy atom. The van der Waals surface area contributed by atoms with Gasteiger partial charge in [0.2, 0.25) is 5.95 Å². The van der Waals surface area contributed by atoms with E-state index in [0.717, 1.165) is 37.7 Å². The van der Waals surface area contributed by atoms with E-state index in [1.54, 1.807) is 17.3 Å². The number of carbonyl (C=O) groups is 1.